The topological polar surface area (TPSA) is 34.1 Å². The molecular weight excluding hydrogens is 295 g/mol. The van der Waals surface area contributed by atoms with E-state index in [9.17, 15) is 9.59 Å². The van der Waals surface area contributed by atoms with Gasteiger partial charge >= 0.3 is 0 Å². The van der Waals surface area contributed by atoms with Crippen LogP contribution in [0.15, 0.2) is 54.6 Å². The Morgan fingerprint density at radius 2 is 1.55 bits per heavy atom. The average Bonchev–Trinajstić information content (AvgIpc) is 2.53. The second-order valence-electron chi connectivity index (χ2n) is 4.24. The fraction of sp³-hybridized carbons (Fsp3) is 0.125. The van der Waals surface area contributed by atoms with Crippen LogP contribution < -0.4 is 0 Å². The summed E-state index contributed by atoms with van der Waals surface area (Å²) < 4.78 is 0. The first-order valence-corrected chi connectivity index (χ1v) is 7.03. The number of hydrogen-bond donors (Lipinski definition) is 0. The molecule has 0 aliphatic carbocycles. The molecule has 1 atom stereocenters. The van der Waals surface area contributed by atoms with Crippen molar-refractivity contribution < 1.29 is 9.59 Å². The van der Waals surface area contributed by atoms with E-state index in [1.54, 1.807) is 48.5 Å². The molecule has 0 bridgehead atoms. The molecule has 2 aromatic carbocycles. The third-order valence-electron chi connectivity index (χ3n) is 2.94. The Morgan fingerprint density at radius 1 is 0.950 bits per heavy atom. The summed E-state index contributed by atoms with van der Waals surface area (Å²) in [6, 6.07) is 15.5. The molecule has 0 aromatic heterocycles. The lowest BCUT2D eigenvalue weighted by Gasteiger charge is -2.12. The summed E-state index contributed by atoms with van der Waals surface area (Å²) in [5.41, 5.74) is 1.40. The highest BCUT2D eigenvalue weighted by molar-refractivity contribution is 6.35. The smallest absolute Gasteiger partial charge is 0.185 e. The average molecular weight is 307 g/mol. The number of halogens is 2. The van der Waals surface area contributed by atoms with Crippen LogP contribution in [0.25, 0.3) is 0 Å². The normalized spacial score (nSPS) is 11.9. The van der Waals surface area contributed by atoms with Crippen LogP contribution in [0.5, 0.6) is 0 Å². The summed E-state index contributed by atoms with van der Waals surface area (Å²) in [6.45, 7) is 0. The van der Waals surface area contributed by atoms with Crippen LogP contribution >= 0.6 is 23.2 Å². The monoisotopic (exact) mass is 306 g/mol. The zero-order valence-corrected chi connectivity index (χ0v) is 12.1. The molecule has 0 saturated carbocycles. The number of hydrogen-bond acceptors (Lipinski definition) is 2. The van der Waals surface area contributed by atoms with Crippen molar-refractivity contribution in [3.05, 3.63) is 71.3 Å². The fourth-order valence-electron chi connectivity index (χ4n) is 1.93. The van der Waals surface area contributed by atoms with Gasteiger partial charge in [0.2, 0.25) is 0 Å². The Labute approximate surface area is 127 Å². The van der Waals surface area contributed by atoms with E-state index in [-0.39, 0.29) is 17.4 Å². The lowest BCUT2D eigenvalue weighted by Crippen LogP contribution is -2.13. The minimum Gasteiger partial charge on any atom is -0.293 e. The lowest BCUT2D eigenvalue weighted by atomic mass is 9.96. The maximum absolute atomic E-state index is 12.3. The minimum atomic E-state index is -0.902. The van der Waals surface area contributed by atoms with Gasteiger partial charge < -0.3 is 0 Å². The maximum Gasteiger partial charge on any atom is 0.185 e. The summed E-state index contributed by atoms with van der Waals surface area (Å²) in [5, 5.41) is -0.902. The van der Waals surface area contributed by atoms with Crippen LogP contribution in [0.4, 0.5) is 0 Å². The van der Waals surface area contributed by atoms with Crippen molar-refractivity contribution in [2.45, 2.75) is 5.38 Å². The molecule has 4 heteroatoms. The first kappa shape index (κ1) is 14.8. The molecule has 0 heterocycles. The zero-order valence-electron chi connectivity index (χ0n) is 10.6. The van der Waals surface area contributed by atoms with Crippen molar-refractivity contribution in [1.82, 2.24) is 0 Å². The first-order chi connectivity index (χ1) is 9.65. The molecule has 0 fully saturated rings. The number of carbonyl (C=O) groups is 2. The standard InChI is InChI=1S/C16H12Cl2O2/c17-10-14(19)12-8-4-5-9-13(12)15(18)16(20)11-6-2-1-3-7-11/h1-9,15H,10H2/t15-/m1/s1. The van der Waals surface area contributed by atoms with E-state index >= 15 is 0 Å². The molecule has 0 saturated heterocycles. The van der Waals surface area contributed by atoms with E-state index in [1.165, 1.54) is 0 Å². The zero-order chi connectivity index (χ0) is 14.5. The molecule has 0 spiro atoms. The highest BCUT2D eigenvalue weighted by Gasteiger charge is 2.23. The predicted octanol–water partition coefficient (Wildman–Crippen LogP) is 4.27. The third kappa shape index (κ3) is 3.09. The van der Waals surface area contributed by atoms with Crippen LogP contribution in [0.2, 0.25) is 0 Å². The lowest BCUT2D eigenvalue weighted by molar-refractivity contribution is 0.0986. The van der Waals surface area contributed by atoms with Crippen molar-refractivity contribution in [3.63, 3.8) is 0 Å². The highest BCUT2D eigenvalue weighted by Crippen LogP contribution is 2.28. The van der Waals surface area contributed by atoms with Gasteiger partial charge in [0.25, 0.3) is 0 Å². The number of Topliss-reactive ketones (excluding diaryl/α,β-unsaturated/α-hetero) is 2. The minimum absolute atomic E-state index is 0.139. The van der Waals surface area contributed by atoms with Gasteiger partial charge in [-0.15, -0.1) is 23.2 Å². The van der Waals surface area contributed by atoms with Crippen molar-refractivity contribution in [1.29, 1.82) is 0 Å². The molecule has 0 aliphatic rings. The third-order valence-corrected chi connectivity index (χ3v) is 3.62. The molecule has 0 amide bonds. The first-order valence-electron chi connectivity index (χ1n) is 6.06. The molecule has 2 nitrogen and oxygen atoms in total. The Morgan fingerprint density at radius 3 is 2.20 bits per heavy atom. The van der Waals surface area contributed by atoms with Crippen molar-refractivity contribution >= 4 is 34.8 Å². The van der Waals surface area contributed by atoms with E-state index < -0.39 is 5.38 Å². The van der Waals surface area contributed by atoms with Gasteiger partial charge in [-0.3, -0.25) is 9.59 Å². The van der Waals surface area contributed by atoms with Crippen molar-refractivity contribution in [3.8, 4) is 0 Å². The number of carbonyl (C=O) groups excluding carboxylic acids is 2. The predicted molar refractivity (Wildman–Crippen MR) is 80.9 cm³/mol. The highest BCUT2D eigenvalue weighted by atomic mass is 35.5. The van der Waals surface area contributed by atoms with E-state index in [0.29, 0.717) is 16.7 Å². The molecule has 2 rings (SSSR count). The molecule has 20 heavy (non-hydrogen) atoms. The summed E-state index contributed by atoms with van der Waals surface area (Å²) in [4.78, 5) is 24.1. The molecule has 0 N–H and O–H groups in total. The van der Waals surface area contributed by atoms with Crippen molar-refractivity contribution in [2.24, 2.45) is 0 Å². The van der Waals surface area contributed by atoms with E-state index in [2.05, 4.69) is 0 Å². The van der Waals surface area contributed by atoms with Gasteiger partial charge in [-0.25, -0.2) is 0 Å². The fourth-order valence-corrected chi connectivity index (χ4v) is 2.39. The van der Waals surface area contributed by atoms with Crippen LogP contribution in [0, 0.1) is 0 Å². The number of alkyl halides is 2. The molecule has 2 aromatic rings. The van der Waals surface area contributed by atoms with Gasteiger partial charge in [-0.05, 0) is 5.56 Å². The Bertz CT molecular complexity index is 623. The largest absolute Gasteiger partial charge is 0.293 e. The van der Waals surface area contributed by atoms with E-state index in [4.69, 9.17) is 23.2 Å². The summed E-state index contributed by atoms with van der Waals surface area (Å²) in [7, 11) is 0. The van der Waals surface area contributed by atoms with Gasteiger partial charge in [-0.2, -0.15) is 0 Å². The Kier molecular flexibility index (Phi) is 4.94. The van der Waals surface area contributed by atoms with Gasteiger partial charge in [-0.1, -0.05) is 54.6 Å². The summed E-state index contributed by atoms with van der Waals surface area (Å²) in [6.07, 6.45) is 0. The number of rotatable bonds is 5. The van der Waals surface area contributed by atoms with Gasteiger partial charge in [0.15, 0.2) is 11.6 Å². The van der Waals surface area contributed by atoms with Gasteiger partial charge in [0, 0.05) is 11.1 Å². The van der Waals surface area contributed by atoms with Crippen LogP contribution in [-0.4, -0.2) is 17.4 Å². The molecular formula is C16H12Cl2O2. The van der Waals surface area contributed by atoms with Crippen LogP contribution in [-0.2, 0) is 0 Å². The SMILES string of the molecule is O=C(CCl)c1ccccc1[C@@H](Cl)C(=O)c1ccccc1. The maximum atomic E-state index is 12.3. The second kappa shape index (κ2) is 6.69. The number of benzene rings is 2. The second-order valence-corrected chi connectivity index (χ2v) is 4.94. The summed E-state index contributed by atoms with van der Waals surface area (Å²) in [5.74, 6) is -0.615. The van der Waals surface area contributed by atoms with Crippen LogP contribution in [0.3, 0.4) is 0 Å². The van der Waals surface area contributed by atoms with Crippen molar-refractivity contribution in [2.75, 3.05) is 5.88 Å². The number of ketones is 2. The molecule has 102 valence electrons. The van der Waals surface area contributed by atoms with Gasteiger partial charge in [0.05, 0.1) is 5.88 Å². The quantitative estimate of drug-likeness (QED) is 0.610. The van der Waals surface area contributed by atoms with E-state index in [0.717, 1.165) is 0 Å². The van der Waals surface area contributed by atoms with E-state index in [1.807, 2.05) is 6.07 Å². The Hall–Kier alpha value is -1.64. The van der Waals surface area contributed by atoms with Crippen LogP contribution in [0.1, 0.15) is 31.7 Å². The Balaban J connectivity index is 2.37. The molecule has 0 aliphatic heterocycles. The molecule has 0 radical (unpaired) electrons. The van der Waals surface area contributed by atoms with Gasteiger partial charge in [0.1, 0.15) is 5.38 Å². The summed E-state index contributed by atoms with van der Waals surface area (Å²) >= 11 is 11.8. The molecule has 0 unspecified atom stereocenters.